The van der Waals surface area contributed by atoms with E-state index < -0.39 is 0 Å². The molecule has 106 valence electrons. The first-order valence-electron chi connectivity index (χ1n) is 5.98. The van der Waals surface area contributed by atoms with E-state index in [-0.39, 0.29) is 19.0 Å². The van der Waals surface area contributed by atoms with Crippen LogP contribution in [0.5, 0.6) is 11.5 Å². The van der Waals surface area contributed by atoms with Crippen LogP contribution in [0.1, 0.15) is 11.1 Å². The van der Waals surface area contributed by atoms with E-state index in [1.807, 2.05) is 0 Å². The van der Waals surface area contributed by atoms with Crippen molar-refractivity contribution in [3.63, 3.8) is 0 Å². The number of methoxy groups -OCH3 is 1. The highest BCUT2D eigenvalue weighted by atomic mass is 79.9. The molecule has 2 rings (SSSR count). The lowest BCUT2D eigenvalue weighted by molar-refractivity contribution is 0.271. The quantitative estimate of drug-likeness (QED) is 0.902. The van der Waals surface area contributed by atoms with Crippen molar-refractivity contribution < 1.29 is 19.0 Å². The van der Waals surface area contributed by atoms with Gasteiger partial charge in [0.15, 0.2) is 11.5 Å². The molecule has 20 heavy (non-hydrogen) atoms. The number of hydrogen-bond donors (Lipinski definition) is 1. The highest BCUT2D eigenvalue weighted by Gasteiger charge is 2.07. The highest BCUT2D eigenvalue weighted by Crippen LogP contribution is 2.29. The van der Waals surface area contributed by atoms with Gasteiger partial charge in [-0.2, -0.15) is 0 Å². The number of ether oxygens (including phenoxy) is 2. The van der Waals surface area contributed by atoms with Crippen molar-refractivity contribution in [3.05, 3.63) is 57.8 Å². The Kier molecular flexibility index (Phi) is 4.98. The van der Waals surface area contributed by atoms with Gasteiger partial charge in [-0.1, -0.05) is 12.1 Å². The molecular weight excluding hydrogens is 327 g/mol. The third-order valence-electron chi connectivity index (χ3n) is 2.79. The van der Waals surface area contributed by atoms with Crippen LogP contribution in [0.15, 0.2) is 40.9 Å². The lowest BCUT2D eigenvalue weighted by atomic mass is 10.2. The summed E-state index contributed by atoms with van der Waals surface area (Å²) in [5.41, 5.74) is 1.57. The van der Waals surface area contributed by atoms with E-state index in [1.165, 1.54) is 6.07 Å². The molecule has 2 aromatic rings. The van der Waals surface area contributed by atoms with Crippen LogP contribution in [0.2, 0.25) is 0 Å². The summed E-state index contributed by atoms with van der Waals surface area (Å²) in [4.78, 5) is 0. The van der Waals surface area contributed by atoms with Crippen molar-refractivity contribution in [3.8, 4) is 11.5 Å². The van der Waals surface area contributed by atoms with Crippen LogP contribution in [0, 0.1) is 5.82 Å². The van der Waals surface area contributed by atoms with E-state index in [0.717, 1.165) is 11.1 Å². The maximum Gasteiger partial charge on any atom is 0.162 e. The predicted octanol–water partition coefficient (Wildman–Crippen LogP) is 3.67. The molecule has 0 bridgehead atoms. The summed E-state index contributed by atoms with van der Waals surface area (Å²) in [6.45, 7) is 0.215. The summed E-state index contributed by atoms with van der Waals surface area (Å²) in [6, 6.07) is 9.92. The maximum atomic E-state index is 13.1. The first kappa shape index (κ1) is 14.8. The zero-order valence-electron chi connectivity index (χ0n) is 10.9. The number of benzene rings is 2. The molecule has 0 aliphatic carbocycles. The van der Waals surface area contributed by atoms with Crippen LogP contribution in [-0.2, 0) is 13.2 Å². The zero-order chi connectivity index (χ0) is 14.5. The maximum absolute atomic E-state index is 13.1. The predicted molar refractivity (Wildman–Crippen MR) is 77.3 cm³/mol. The minimum Gasteiger partial charge on any atom is -0.493 e. The van der Waals surface area contributed by atoms with E-state index in [2.05, 4.69) is 15.9 Å². The molecule has 0 aliphatic rings. The Hall–Kier alpha value is -1.59. The number of halogens is 2. The Bertz CT molecular complexity index is 602. The van der Waals surface area contributed by atoms with Gasteiger partial charge in [-0.3, -0.25) is 0 Å². The van der Waals surface area contributed by atoms with Gasteiger partial charge in [0, 0.05) is 0 Å². The Morgan fingerprint density at radius 3 is 2.50 bits per heavy atom. The third kappa shape index (κ3) is 3.49. The van der Waals surface area contributed by atoms with Crippen LogP contribution >= 0.6 is 15.9 Å². The van der Waals surface area contributed by atoms with E-state index in [4.69, 9.17) is 14.6 Å². The van der Waals surface area contributed by atoms with Gasteiger partial charge < -0.3 is 14.6 Å². The summed E-state index contributed by atoms with van der Waals surface area (Å²) < 4.78 is 24.4. The normalized spacial score (nSPS) is 10.4. The monoisotopic (exact) mass is 340 g/mol. The summed E-state index contributed by atoms with van der Waals surface area (Å²) in [5.74, 6) is 0.816. The Morgan fingerprint density at radius 1 is 1.10 bits per heavy atom. The molecule has 0 fully saturated rings. The van der Waals surface area contributed by atoms with Gasteiger partial charge in [-0.25, -0.2) is 4.39 Å². The van der Waals surface area contributed by atoms with Crippen LogP contribution in [0.4, 0.5) is 4.39 Å². The number of aliphatic hydroxyl groups is 1. The second kappa shape index (κ2) is 6.72. The van der Waals surface area contributed by atoms with Crippen molar-refractivity contribution in [2.24, 2.45) is 0 Å². The molecule has 1 N–H and O–H groups in total. The number of rotatable bonds is 5. The van der Waals surface area contributed by atoms with Crippen LogP contribution in [0.25, 0.3) is 0 Å². The van der Waals surface area contributed by atoms with Gasteiger partial charge in [0.2, 0.25) is 0 Å². The van der Waals surface area contributed by atoms with Crippen LogP contribution in [0.3, 0.4) is 0 Å². The molecule has 0 unspecified atom stereocenters. The number of aliphatic hydroxyl groups excluding tert-OH is 1. The Balaban J connectivity index is 2.15. The molecule has 0 amide bonds. The van der Waals surface area contributed by atoms with Crippen molar-refractivity contribution in [1.82, 2.24) is 0 Å². The van der Waals surface area contributed by atoms with Gasteiger partial charge in [0.25, 0.3) is 0 Å². The summed E-state index contributed by atoms with van der Waals surface area (Å²) in [7, 11) is 1.55. The van der Waals surface area contributed by atoms with Gasteiger partial charge in [-0.05, 0) is 51.3 Å². The van der Waals surface area contributed by atoms with Gasteiger partial charge in [0.05, 0.1) is 18.2 Å². The second-order valence-electron chi connectivity index (χ2n) is 4.18. The average molecular weight is 341 g/mol. The topological polar surface area (TPSA) is 38.7 Å². The summed E-state index contributed by atoms with van der Waals surface area (Å²) >= 11 is 3.13. The van der Waals surface area contributed by atoms with E-state index in [0.29, 0.717) is 16.0 Å². The zero-order valence-corrected chi connectivity index (χ0v) is 12.5. The fourth-order valence-electron chi connectivity index (χ4n) is 1.72. The smallest absolute Gasteiger partial charge is 0.162 e. The highest BCUT2D eigenvalue weighted by molar-refractivity contribution is 9.10. The molecule has 3 nitrogen and oxygen atoms in total. The van der Waals surface area contributed by atoms with Crippen molar-refractivity contribution in [2.75, 3.05) is 7.11 Å². The Morgan fingerprint density at radius 2 is 1.85 bits per heavy atom. The summed E-state index contributed by atoms with van der Waals surface area (Å²) in [6.07, 6.45) is 0. The first-order chi connectivity index (χ1) is 9.63. The lowest BCUT2D eigenvalue weighted by Crippen LogP contribution is -1.99. The SMILES string of the molecule is COc1ccc(CO)cc1OCc1ccc(F)c(Br)c1. The van der Waals surface area contributed by atoms with Crippen LogP contribution in [-0.4, -0.2) is 12.2 Å². The molecule has 0 spiro atoms. The minimum atomic E-state index is -0.311. The molecule has 0 aromatic heterocycles. The molecular formula is C15H14BrFO3. The molecule has 2 aromatic carbocycles. The van der Waals surface area contributed by atoms with E-state index in [1.54, 1.807) is 37.4 Å². The molecule has 0 saturated carbocycles. The van der Waals surface area contributed by atoms with Gasteiger partial charge in [0.1, 0.15) is 12.4 Å². The summed E-state index contributed by atoms with van der Waals surface area (Å²) in [5, 5.41) is 9.13. The Labute approximate surface area is 125 Å². The largest absolute Gasteiger partial charge is 0.493 e. The van der Waals surface area contributed by atoms with E-state index >= 15 is 0 Å². The van der Waals surface area contributed by atoms with Gasteiger partial charge >= 0.3 is 0 Å². The number of hydrogen-bond acceptors (Lipinski definition) is 3. The average Bonchev–Trinajstić information content (AvgIpc) is 2.48. The second-order valence-corrected chi connectivity index (χ2v) is 5.03. The first-order valence-corrected chi connectivity index (χ1v) is 6.78. The minimum absolute atomic E-state index is 0.0670. The van der Waals surface area contributed by atoms with Crippen molar-refractivity contribution in [2.45, 2.75) is 13.2 Å². The molecule has 0 aliphatic heterocycles. The van der Waals surface area contributed by atoms with E-state index in [9.17, 15) is 4.39 Å². The van der Waals surface area contributed by atoms with Crippen molar-refractivity contribution in [1.29, 1.82) is 0 Å². The van der Waals surface area contributed by atoms with Crippen LogP contribution < -0.4 is 9.47 Å². The van der Waals surface area contributed by atoms with Crippen molar-refractivity contribution >= 4 is 15.9 Å². The molecule has 5 heteroatoms. The van der Waals surface area contributed by atoms with Gasteiger partial charge in [-0.15, -0.1) is 0 Å². The standard InChI is InChI=1S/C15H14BrFO3/c1-19-14-5-3-10(8-18)7-15(14)20-9-11-2-4-13(17)12(16)6-11/h2-7,18H,8-9H2,1H3. The lowest BCUT2D eigenvalue weighted by Gasteiger charge is -2.12. The molecule has 0 heterocycles. The molecule has 0 atom stereocenters. The fraction of sp³-hybridized carbons (Fsp3) is 0.200. The molecule has 0 saturated heterocycles. The fourth-order valence-corrected chi connectivity index (χ4v) is 2.15. The molecule has 0 radical (unpaired) electrons. The third-order valence-corrected chi connectivity index (χ3v) is 3.40.